The van der Waals surface area contributed by atoms with Crippen molar-refractivity contribution < 1.29 is 13.9 Å². The summed E-state index contributed by atoms with van der Waals surface area (Å²) in [6.07, 6.45) is 0. The number of para-hydroxylation sites is 1. The van der Waals surface area contributed by atoms with Crippen LogP contribution in [0.1, 0.15) is 17.2 Å². The number of benzene rings is 2. The molecule has 0 aliphatic carbocycles. The van der Waals surface area contributed by atoms with E-state index in [9.17, 15) is 4.39 Å². The number of ether oxygens (including phenoxy) is 2. The first-order valence-electron chi connectivity index (χ1n) is 6.61. The molecule has 4 heteroatoms. The lowest BCUT2D eigenvalue weighted by atomic mass is 9.97. The second-order valence-electron chi connectivity index (χ2n) is 4.61. The van der Waals surface area contributed by atoms with Gasteiger partial charge in [-0.2, -0.15) is 0 Å². The van der Waals surface area contributed by atoms with Crippen molar-refractivity contribution >= 4 is 0 Å². The fraction of sp³-hybridized carbons (Fsp3) is 0.250. The zero-order valence-corrected chi connectivity index (χ0v) is 11.2. The Balaban J connectivity index is 2.09. The van der Waals surface area contributed by atoms with Crippen molar-refractivity contribution in [1.82, 2.24) is 5.32 Å². The van der Waals surface area contributed by atoms with Crippen LogP contribution in [0.4, 0.5) is 4.39 Å². The molecule has 20 heavy (non-hydrogen) atoms. The molecule has 104 valence electrons. The van der Waals surface area contributed by atoms with Crippen molar-refractivity contribution in [3.63, 3.8) is 0 Å². The maximum absolute atomic E-state index is 14.0. The number of hydrogen-bond acceptors (Lipinski definition) is 3. The standard InChI is InChI=1S/C16H16FNO2/c1-18-15(11-5-2-3-7-13(11)17)12-6-4-8-14-16(12)20-10-9-19-14/h2-8,15,18H,9-10H2,1H3. The highest BCUT2D eigenvalue weighted by Crippen LogP contribution is 2.39. The van der Waals surface area contributed by atoms with Gasteiger partial charge in [0, 0.05) is 11.1 Å². The average molecular weight is 273 g/mol. The molecule has 1 aliphatic heterocycles. The van der Waals surface area contributed by atoms with Gasteiger partial charge in [-0.25, -0.2) is 4.39 Å². The van der Waals surface area contributed by atoms with E-state index in [2.05, 4.69) is 5.32 Å². The van der Waals surface area contributed by atoms with Gasteiger partial charge in [-0.15, -0.1) is 0 Å². The van der Waals surface area contributed by atoms with Crippen molar-refractivity contribution in [2.24, 2.45) is 0 Å². The molecule has 1 aliphatic rings. The first-order chi connectivity index (χ1) is 9.81. The summed E-state index contributed by atoms with van der Waals surface area (Å²) >= 11 is 0. The Morgan fingerprint density at radius 1 is 1.00 bits per heavy atom. The maximum atomic E-state index is 14.0. The molecule has 1 atom stereocenters. The molecule has 1 unspecified atom stereocenters. The van der Waals surface area contributed by atoms with Crippen LogP contribution in [0.5, 0.6) is 11.5 Å². The van der Waals surface area contributed by atoms with Crippen LogP contribution in [0.3, 0.4) is 0 Å². The van der Waals surface area contributed by atoms with Crippen molar-refractivity contribution in [3.8, 4) is 11.5 Å². The van der Waals surface area contributed by atoms with E-state index >= 15 is 0 Å². The number of hydrogen-bond donors (Lipinski definition) is 1. The number of rotatable bonds is 3. The lowest BCUT2D eigenvalue weighted by molar-refractivity contribution is 0.169. The molecule has 0 bridgehead atoms. The van der Waals surface area contributed by atoms with Crippen molar-refractivity contribution in [2.75, 3.05) is 20.3 Å². The highest BCUT2D eigenvalue weighted by Gasteiger charge is 2.23. The third kappa shape index (κ3) is 2.23. The predicted octanol–water partition coefficient (Wildman–Crippen LogP) is 2.91. The van der Waals surface area contributed by atoms with E-state index in [0.717, 1.165) is 5.56 Å². The van der Waals surface area contributed by atoms with E-state index in [4.69, 9.17) is 9.47 Å². The monoisotopic (exact) mass is 273 g/mol. The van der Waals surface area contributed by atoms with Gasteiger partial charge in [0.2, 0.25) is 0 Å². The van der Waals surface area contributed by atoms with Gasteiger partial charge in [-0.05, 0) is 19.2 Å². The molecule has 0 spiro atoms. The van der Waals surface area contributed by atoms with Crippen molar-refractivity contribution in [2.45, 2.75) is 6.04 Å². The Hall–Kier alpha value is -2.07. The molecule has 1 heterocycles. The molecular weight excluding hydrogens is 257 g/mol. The van der Waals surface area contributed by atoms with Gasteiger partial charge in [0.25, 0.3) is 0 Å². The molecule has 3 rings (SSSR count). The fourth-order valence-corrected chi connectivity index (χ4v) is 2.51. The van der Waals surface area contributed by atoms with Crippen LogP contribution in [0.15, 0.2) is 42.5 Å². The smallest absolute Gasteiger partial charge is 0.166 e. The van der Waals surface area contributed by atoms with Crippen LogP contribution in [-0.2, 0) is 0 Å². The Morgan fingerprint density at radius 3 is 2.55 bits per heavy atom. The van der Waals surface area contributed by atoms with Crippen LogP contribution in [0, 0.1) is 5.82 Å². The first kappa shape index (κ1) is 12.9. The second-order valence-corrected chi connectivity index (χ2v) is 4.61. The van der Waals surface area contributed by atoms with Crippen LogP contribution in [0.2, 0.25) is 0 Å². The lowest BCUT2D eigenvalue weighted by Gasteiger charge is -2.25. The van der Waals surface area contributed by atoms with Gasteiger partial charge < -0.3 is 14.8 Å². The highest BCUT2D eigenvalue weighted by atomic mass is 19.1. The van der Waals surface area contributed by atoms with E-state index in [1.165, 1.54) is 6.07 Å². The third-order valence-corrected chi connectivity index (χ3v) is 3.41. The van der Waals surface area contributed by atoms with E-state index in [0.29, 0.717) is 30.3 Å². The highest BCUT2D eigenvalue weighted by molar-refractivity contribution is 5.51. The van der Waals surface area contributed by atoms with Gasteiger partial charge >= 0.3 is 0 Å². The molecule has 0 saturated carbocycles. The first-order valence-corrected chi connectivity index (χ1v) is 6.61. The van der Waals surface area contributed by atoms with E-state index in [-0.39, 0.29) is 11.9 Å². The van der Waals surface area contributed by atoms with Crippen molar-refractivity contribution in [3.05, 3.63) is 59.4 Å². The SMILES string of the molecule is CNC(c1ccccc1F)c1cccc2c1OCCO2. The van der Waals surface area contributed by atoms with Crippen LogP contribution in [0.25, 0.3) is 0 Å². The van der Waals surface area contributed by atoms with Crippen LogP contribution >= 0.6 is 0 Å². The van der Waals surface area contributed by atoms with Gasteiger partial charge in [0.15, 0.2) is 11.5 Å². The summed E-state index contributed by atoms with van der Waals surface area (Å²) in [6.45, 7) is 1.05. The number of halogens is 1. The van der Waals surface area contributed by atoms with Gasteiger partial charge in [-0.3, -0.25) is 0 Å². The molecule has 0 aromatic heterocycles. The average Bonchev–Trinajstić information content (AvgIpc) is 2.50. The molecule has 2 aromatic rings. The van der Waals surface area contributed by atoms with Gasteiger partial charge in [-0.1, -0.05) is 30.3 Å². The summed E-state index contributed by atoms with van der Waals surface area (Å²) in [5.41, 5.74) is 1.48. The van der Waals surface area contributed by atoms with E-state index in [1.54, 1.807) is 19.2 Å². The van der Waals surface area contributed by atoms with Crippen LogP contribution < -0.4 is 14.8 Å². The number of fused-ring (bicyclic) bond motifs is 1. The summed E-state index contributed by atoms with van der Waals surface area (Å²) in [4.78, 5) is 0. The normalized spacial score (nSPS) is 14.9. The van der Waals surface area contributed by atoms with Gasteiger partial charge in [0.05, 0.1) is 6.04 Å². The quantitative estimate of drug-likeness (QED) is 0.932. The Labute approximate surface area is 117 Å². The molecule has 0 saturated heterocycles. The molecule has 3 nitrogen and oxygen atoms in total. The fourth-order valence-electron chi connectivity index (χ4n) is 2.51. The minimum Gasteiger partial charge on any atom is -0.486 e. The predicted molar refractivity (Wildman–Crippen MR) is 74.7 cm³/mol. The summed E-state index contributed by atoms with van der Waals surface area (Å²) in [5, 5.41) is 3.15. The van der Waals surface area contributed by atoms with Gasteiger partial charge in [0.1, 0.15) is 19.0 Å². The molecule has 2 aromatic carbocycles. The molecule has 0 fully saturated rings. The Bertz CT molecular complexity index is 615. The lowest BCUT2D eigenvalue weighted by Crippen LogP contribution is -2.23. The summed E-state index contributed by atoms with van der Waals surface area (Å²) in [6, 6.07) is 12.2. The Kier molecular flexibility index (Phi) is 3.56. The zero-order chi connectivity index (χ0) is 13.9. The zero-order valence-electron chi connectivity index (χ0n) is 11.2. The maximum Gasteiger partial charge on any atom is 0.166 e. The summed E-state index contributed by atoms with van der Waals surface area (Å²) < 4.78 is 25.3. The topological polar surface area (TPSA) is 30.5 Å². The molecule has 1 N–H and O–H groups in total. The molecule has 0 amide bonds. The Morgan fingerprint density at radius 2 is 1.75 bits per heavy atom. The molecular formula is C16H16FNO2. The molecule has 0 radical (unpaired) electrons. The van der Waals surface area contributed by atoms with Crippen LogP contribution in [-0.4, -0.2) is 20.3 Å². The largest absolute Gasteiger partial charge is 0.486 e. The minimum absolute atomic E-state index is 0.235. The van der Waals surface area contributed by atoms with E-state index in [1.807, 2.05) is 24.3 Å². The third-order valence-electron chi connectivity index (χ3n) is 3.41. The summed E-state index contributed by atoms with van der Waals surface area (Å²) in [7, 11) is 1.81. The van der Waals surface area contributed by atoms with Crippen molar-refractivity contribution in [1.29, 1.82) is 0 Å². The van der Waals surface area contributed by atoms with E-state index < -0.39 is 0 Å². The summed E-state index contributed by atoms with van der Waals surface area (Å²) in [5.74, 6) is 1.17. The number of nitrogens with one attached hydrogen (secondary N) is 1. The minimum atomic E-state index is -0.271. The second kappa shape index (κ2) is 5.51.